The van der Waals surface area contributed by atoms with Crippen LogP contribution >= 0.6 is 24.0 Å². The number of nitrogens with zero attached hydrogens (tertiary/aromatic N) is 4. The lowest BCUT2D eigenvalue weighted by Crippen LogP contribution is -2.43. The van der Waals surface area contributed by atoms with Crippen LogP contribution in [0.15, 0.2) is 23.3 Å². The van der Waals surface area contributed by atoms with Crippen LogP contribution in [0.2, 0.25) is 0 Å². The summed E-state index contributed by atoms with van der Waals surface area (Å²) in [6.45, 7) is 10.8. The number of aliphatic imine (C=N–C) groups is 1. The second-order valence-corrected chi connectivity index (χ2v) is 7.06. The van der Waals surface area contributed by atoms with Gasteiger partial charge >= 0.3 is 0 Å². The Morgan fingerprint density at radius 3 is 2.60 bits per heavy atom. The Balaban J connectivity index is 0.00000450. The summed E-state index contributed by atoms with van der Waals surface area (Å²) < 4.78 is 12.4. The Bertz CT molecular complexity index is 792. The standard InChI is InChI=1S/C21H34N6O2.HI/c1-7-22-21(25-15(2)12-19-16(3)26-27(5)17(19)4)24-14-18-8-9-20(23-13-18)29-11-10-28-6;/h8-9,13,15H,7,10-12,14H2,1-6H3,(H2,22,24,25);1H. The van der Waals surface area contributed by atoms with Crippen LogP contribution in [0.1, 0.15) is 36.4 Å². The summed E-state index contributed by atoms with van der Waals surface area (Å²) >= 11 is 0. The fraction of sp³-hybridized carbons (Fsp3) is 0.571. The zero-order valence-corrected chi connectivity index (χ0v) is 21.2. The van der Waals surface area contributed by atoms with Crippen LogP contribution < -0.4 is 15.4 Å². The van der Waals surface area contributed by atoms with Crippen LogP contribution in [0, 0.1) is 13.8 Å². The molecule has 0 aliphatic heterocycles. The Kier molecular flexibility index (Phi) is 11.7. The molecular weight excluding hydrogens is 495 g/mol. The highest BCUT2D eigenvalue weighted by atomic mass is 127. The molecule has 2 aromatic heterocycles. The van der Waals surface area contributed by atoms with Crippen LogP contribution in [0.3, 0.4) is 0 Å². The van der Waals surface area contributed by atoms with Crippen molar-refractivity contribution in [2.75, 3.05) is 26.9 Å². The first kappa shape index (κ1) is 26.2. The first-order valence-electron chi connectivity index (χ1n) is 10.0. The monoisotopic (exact) mass is 530 g/mol. The average Bonchev–Trinajstić information content (AvgIpc) is 2.93. The summed E-state index contributed by atoms with van der Waals surface area (Å²) in [7, 11) is 3.63. The van der Waals surface area contributed by atoms with Crippen LogP contribution in [0.4, 0.5) is 0 Å². The van der Waals surface area contributed by atoms with E-state index in [1.54, 1.807) is 13.3 Å². The van der Waals surface area contributed by atoms with Crippen LogP contribution in [0.5, 0.6) is 5.88 Å². The van der Waals surface area contributed by atoms with Crippen molar-refractivity contribution in [2.24, 2.45) is 12.0 Å². The Labute approximate surface area is 196 Å². The fourth-order valence-electron chi connectivity index (χ4n) is 3.01. The number of pyridine rings is 1. The number of hydrogen-bond donors (Lipinski definition) is 2. The van der Waals surface area contributed by atoms with Crippen molar-refractivity contribution in [3.05, 3.63) is 40.8 Å². The lowest BCUT2D eigenvalue weighted by molar-refractivity contribution is 0.143. The van der Waals surface area contributed by atoms with E-state index in [1.807, 2.05) is 23.9 Å². The molecule has 2 rings (SSSR count). The van der Waals surface area contributed by atoms with E-state index in [-0.39, 0.29) is 30.0 Å². The zero-order chi connectivity index (χ0) is 21.2. The summed E-state index contributed by atoms with van der Waals surface area (Å²) in [5.74, 6) is 1.38. The van der Waals surface area contributed by atoms with Gasteiger partial charge in [-0.25, -0.2) is 9.98 Å². The van der Waals surface area contributed by atoms with Crippen molar-refractivity contribution in [3.63, 3.8) is 0 Å². The third-order valence-electron chi connectivity index (χ3n) is 4.65. The lowest BCUT2D eigenvalue weighted by Gasteiger charge is -2.18. The van der Waals surface area contributed by atoms with Gasteiger partial charge in [0.1, 0.15) is 6.61 Å². The number of hydrogen-bond acceptors (Lipinski definition) is 5. The summed E-state index contributed by atoms with van der Waals surface area (Å²) in [6, 6.07) is 4.06. The Hall–Kier alpha value is -1.88. The van der Waals surface area contributed by atoms with Gasteiger partial charge in [-0.15, -0.1) is 24.0 Å². The Morgan fingerprint density at radius 1 is 1.27 bits per heavy atom. The molecule has 0 aliphatic rings. The van der Waals surface area contributed by atoms with Crippen molar-refractivity contribution in [1.29, 1.82) is 0 Å². The minimum atomic E-state index is 0. The highest BCUT2D eigenvalue weighted by molar-refractivity contribution is 14.0. The van der Waals surface area contributed by atoms with E-state index in [0.717, 1.165) is 30.2 Å². The van der Waals surface area contributed by atoms with Crippen LogP contribution in [-0.4, -0.2) is 53.6 Å². The van der Waals surface area contributed by atoms with Crippen LogP contribution in [-0.2, 0) is 24.8 Å². The third-order valence-corrected chi connectivity index (χ3v) is 4.65. The summed E-state index contributed by atoms with van der Waals surface area (Å²) in [6.07, 6.45) is 2.69. The topological polar surface area (TPSA) is 85.6 Å². The molecule has 30 heavy (non-hydrogen) atoms. The molecule has 0 fully saturated rings. The lowest BCUT2D eigenvalue weighted by atomic mass is 10.1. The van der Waals surface area contributed by atoms with Crippen LogP contribution in [0.25, 0.3) is 0 Å². The molecule has 168 valence electrons. The summed E-state index contributed by atoms with van der Waals surface area (Å²) in [4.78, 5) is 9.01. The number of ether oxygens (including phenoxy) is 2. The number of methoxy groups -OCH3 is 1. The van der Waals surface area contributed by atoms with Crippen molar-refractivity contribution < 1.29 is 9.47 Å². The molecule has 9 heteroatoms. The van der Waals surface area contributed by atoms with Gasteiger partial charge in [0.2, 0.25) is 5.88 Å². The maximum absolute atomic E-state index is 5.49. The number of nitrogens with one attached hydrogen (secondary N) is 2. The van der Waals surface area contributed by atoms with E-state index in [1.165, 1.54) is 11.3 Å². The Morgan fingerprint density at radius 2 is 2.03 bits per heavy atom. The van der Waals surface area contributed by atoms with E-state index in [4.69, 9.17) is 14.5 Å². The van der Waals surface area contributed by atoms with Crippen molar-refractivity contribution in [1.82, 2.24) is 25.4 Å². The first-order valence-corrected chi connectivity index (χ1v) is 10.0. The molecule has 0 saturated heterocycles. The second kappa shape index (κ2) is 13.4. The molecule has 2 aromatic rings. The molecule has 0 amide bonds. The second-order valence-electron chi connectivity index (χ2n) is 7.06. The molecule has 8 nitrogen and oxygen atoms in total. The van der Waals surface area contributed by atoms with E-state index >= 15 is 0 Å². The highest BCUT2D eigenvalue weighted by Gasteiger charge is 2.14. The number of halogens is 1. The van der Waals surface area contributed by atoms with Crippen molar-refractivity contribution >= 4 is 29.9 Å². The van der Waals surface area contributed by atoms with Gasteiger partial charge < -0.3 is 20.1 Å². The molecular formula is C21H35IN6O2. The maximum Gasteiger partial charge on any atom is 0.213 e. The number of rotatable bonds is 10. The van der Waals surface area contributed by atoms with Gasteiger partial charge in [0, 0.05) is 44.7 Å². The molecule has 2 N–H and O–H groups in total. The molecule has 1 atom stereocenters. The van der Waals surface area contributed by atoms with Gasteiger partial charge in [0.05, 0.1) is 18.8 Å². The minimum Gasteiger partial charge on any atom is -0.475 e. The quantitative estimate of drug-likeness (QED) is 0.213. The predicted octanol–water partition coefficient (Wildman–Crippen LogP) is 2.76. The molecule has 0 radical (unpaired) electrons. The van der Waals surface area contributed by atoms with Crippen molar-refractivity contribution in [3.8, 4) is 5.88 Å². The maximum atomic E-state index is 5.49. The predicted molar refractivity (Wildman–Crippen MR) is 131 cm³/mol. The average molecular weight is 530 g/mol. The molecule has 0 saturated carbocycles. The molecule has 0 spiro atoms. The van der Waals surface area contributed by atoms with Gasteiger partial charge in [-0.05, 0) is 45.2 Å². The van der Waals surface area contributed by atoms with Gasteiger partial charge in [-0.3, -0.25) is 4.68 Å². The fourth-order valence-corrected chi connectivity index (χ4v) is 3.01. The normalized spacial score (nSPS) is 12.3. The van der Waals surface area contributed by atoms with E-state index in [2.05, 4.69) is 48.4 Å². The molecule has 2 heterocycles. The van der Waals surface area contributed by atoms with E-state index in [9.17, 15) is 0 Å². The zero-order valence-electron chi connectivity index (χ0n) is 18.9. The smallest absolute Gasteiger partial charge is 0.213 e. The summed E-state index contributed by atoms with van der Waals surface area (Å²) in [5.41, 5.74) is 4.60. The first-order chi connectivity index (χ1) is 13.9. The number of guanidine groups is 1. The largest absolute Gasteiger partial charge is 0.475 e. The van der Waals surface area contributed by atoms with E-state index < -0.39 is 0 Å². The number of aryl methyl sites for hydroxylation is 2. The van der Waals surface area contributed by atoms with E-state index in [0.29, 0.717) is 25.6 Å². The molecule has 0 bridgehead atoms. The minimum absolute atomic E-state index is 0. The summed E-state index contributed by atoms with van der Waals surface area (Å²) in [5, 5.41) is 11.3. The highest BCUT2D eigenvalue weighted by Crippen LogP contribution is 2.14. The number of aromatic nitrogens is 3. The SMILES string of the molecule is CCNC(=NCc1ccc(OCCOC)nc1)NC(C)Cc1c(C)nn(C)c1C.I. The molecule has 1 unspecified atom stereocenters. The van der Waals surface area contributed by atoms with Gasteiger partial charge in [-0.1, -0.05) is 6.07 Å². The van der Waals surface area contributed by atoms with Crippen molar-refractivity contribution in [2.45, 2.75) is 46.7 Å². The van der Waals surface area contributed by atoms with Gasteiger partial charge in [0.25, 0.3) is 0 Å². The third kappa shape index (κ3) is 8.10. The molecule has 0 aliphatic carbocycles. The molecule has 0 aromatic carbocycles. The van der Waals surface area contributed by atoms with Gasteiger partial charge in [-0.2, -0.15) is 5.10 Å². The van der Waals surface area contributed by atoms with Gasteiger partial charge in [0.15, 0.2) is 5.96 Å².